The molecule has 3 rings (SSSR count). The van der Waals surface area contributed by atoms with Gasteiger partial charge in [-0.1, -0.05) is 36.4 Å². The molecule has 0 aliphatic heterocycles. The van der Waals surface area contributed by atoms with Crippen LogP contribution in [-0.4, -0.2) is 54.6 Å². The van der Waals surface area contributed by atoms with E-state index in [9.17, 15) is 45.0 Å². The molecule has 3 aromatic rings. The van der Waals surface area contributed by atoms with Gasteiger partial charge in [-0.3, -0.25) is 0 Å². The Labute approximate surface area is 275 Å². The van der Waals surface area contributed by atoms with Crippen molar-refractivity contribution in [2.45, 2.75) is 0 Å². The van der Waals surface area contributed by atoms with Crippen molar-refractivity contribution in [3.63, 3.8) is 0 Å². The van der Waals surface area contributed by atoms with E-state index in [-0.39, 0.29) is 52.8 Å². The summed E-state index contributed by atoms with van der Waals surface area (Å²) < 4.78 is 14.5. The van der Waals surface area contributed by atoms with Crippen molar-refractivity contribution >= 4 is 36.1 Å². The number of hydrogen-bond acceptors (Lipinski definition) is 12. The van der Waals surface area contributed by atoms with Crippen LogP contribution in [0.3, 0.4) is 0 Å². The van der Waals surface area contributed by atoms with E-state index in [0.717, 1.165) is 18.2 Å². The molecule has 3 N–H and O–H groups in total. The van der Waals surface area contributed by atoms with Crippen LogP contribution in [0.15, 0.2) is 72.8 Å². The Balaban J connectivity index is 0.000000608. The quantitative estimate of drug-likeness (QED) is 0.259. The van der Waals surface area contributed by atoms with E-state index in [1.54, 1.807) is 18.2 Å². The number of hydrogen-bond donors (Lipinski definition) is 3. The molecule has 43 heavy (non-hydrogen) atoms. The second-order valence-corrected chi connectivity index (χ2v) is 7.75. The molecule has 0 unspecified atom stereocenters. The summed E-state index contributed by atoms with van der Waals surface area (Å²) in [4.78, 5) is 30.3. The first-order valence-corrected chi connectivity index (χ1v) is 11.7. The predicted octanol–water partition coefficient (Wildman–Crippen LogP) is 0.492. The molecular weight excluding hydrogens is 691 g/mol. The van der Waals surface area contributed by atoms with E-state index in [1.165, 1.54) is 76.0 Å². The predicted molar refractivity (Wildman–Crippen MR) is 146 cm³/mol. The summed E-state index contributed by atoms with van der Waals surface area (Å²) >= 11 is 0. The molecule has 222 valence electrons. The molecule has 0 atom stereocenters. The first-order valence-electron chi connectivity index (χ1n) is 11.7. The molecule has 3 aromatic carbocycles. The molecule has 0 heterocycles. The maximum Gasteiger partial charge on any atom is 3.00 e. The molecule has 0 aromatic heterocycles. The van der Waals surface area contributed by atoms with Crippen LogP contribution in [0.2, 0.25) is 0 Å². The van der Waals surface area contributed by atoms with Crippen LogP contribution in [0, 0.1) is 35.6 Å². The van der Waals surface area contributed by atoms with E-state index >= 15 is 0 Å². The molecule has 0 aliphatic carbocycles. The molecule has 0 aliphatic rings. The van der Waals surface area contributed by atoms with Crippen LogP contribution < -0.4 is 29.5 Å². The van der Waals surface area contributed by atoms with E-state index < -0.39 is 17.9 Å². The van der Waals surface area contributed by atoms with Crippen molar-refractivity contribution in [1.82, 2.24) is 0 Å². The van der Waals surface area contributed by atoms with Crippen LogP contribution in [0.1, 0.15) is 16.7 Å². The molecule has 12 nitrogen and oxygen atoms in total. The maximum atomic E-state index is 10.1. The van der Waals surface area contributed by atoms with Crippen LogP contribution in [0.4, 0.5) is 0 Å². The number of carbonyl (C=O) groups is 3. The van der Waals surface area contributed by atoms with Gasteiger partial charge in [0.15, 0.2) is 34.5 Å². The molecule has 0 bridgehead atoms. The summed E-state index contributed by atoms with van der Waals surface area (Å²) in [7, 11) is 4.25. The topological polar surface area (TPSA) is 209 Å². The van der Waals surface area contributed by atoms with E-state index in [1.807, 2.05) is 0 Å². The number of aromatic hydroxyl groups is 3. The zero-order valence-electron chi connectivity index (χ0n) is 23.3. The van der Waals surface area contributed by atoms with Gasteiger partial charge < -0.3 is 59.2 Å². The Kier molecular flexibility index (Phi) is 18.0. The maximum absolute atomic E-state index is 10.1. The van der Waals surface area contributed by atoms with Gasteiger partial charge in [0.25, 0.3) is 0 Å². The number of ether oxygens (including phenoxy) is 3. The number of carboxylic acid groups (broad SMARTS) is 3. The third kappa shape index (κ3) is 15.2. The fourth-order valence-electron chi connectivity index (χ4n) is 2.89. The number of methoxy groups -OCH3 is 3. The zero-order chi connectivity index (χ0) is 31.7. The van der Waals surface area contributed by atoms with Gasteiger partial charge in [0, 0.05) is 0 Å². The number of rotatable bonds is 9. The van der Waals surface area contributed by atoms with Crippen LogP contribution in [0.25, 0.3) is 18.2 Å². The summed E-state index contributed by atoms with van der Waals surface area (Å²) in [6.07, 6.45) is 6.80. The third-order valence-electron chi connectivity index (χ3n) is 4.85. The zero-order valence-corrected chi connectivity index (χ0v) is 26.9. The van der Waals surface area contributed by atoms with Crippen molar-refractivity contribution < 1.29 is 94.8 Å². The average molecular weight is 718 g/mol. The first kappa shape index (κ1) is 38.3. The van der Waals surface area contributed by atoms with Crippen LogP contribution >= 0.6 is 0 Å². The van der Waals surface area contributed by atoms with Gasteiger partial charge in [0.2, 0.25) is 0 Å². The van der Waals surface area contributed by atoms with Gasteiger partial charge in [-0.2, -0.15) is 0 Å². The molecular formula is C30H27LaO12. The van der Waals surface area contributed by atoms with Gasteiger partial charge in [-0.15, -0.1) is 0 Å². The summed E-state index contributed by atoms with van der Waals surface area (Å²) in [6.45, 7) is 0. The van der Waals surface area contributed by atoms with E-state index in [2.05, 4.69) is 0 Å². The normalized spacial score (nSPS) is 10.1. The molecule has 13 heteroatoms. The summed E-state index contributed by atoms with van der Waals surface area (Å²) in [5.74, 6) is -2.87. The first-order chi connectivity index (χ1) is 19.9. The SMILES string of the molecule is COc1cc(/C=C/C(=O)[O-])ccc1O.COc1cc(/C=C/C(=O)[O-])ccc1O.COc1cc(/C=C/C(=O)[O-])ccc1O.[La+3]. The smallest absolute Gasteiger partial charge is 0.545 e. The molecule has 0 saturated heterocycles. The Morgan fingerprint density at radius 3 is 0.953 bits per heavy atom. The largest absolute Gasteiger partial charge is 3.00 e. The summed E-state index contributed by atoms with van der Waals surface area (Å²) in [5, 5.41) is 58.1. The van der Waals surface area contributed by atoms with Crippen LogP contribution in [0.5, 0.6) is 34.5 Å². The number of benzene rings is 3. The number of phenols is 3. The van der Waals surface area contributed by atoms with Crippen molar-refractivity contribution in [2.75, 3.05) is 21.3 Å². The van der Waals surface area contributed by atoms with Crippen molar-refractivity contribution in [1.29, 1.82) is 0 Å². The van der Waals surface area contributed by atoms with Gasteiger partial charge in [0.05, 0.1) is 39.2 Å². The Morgan fingerprint density at radius 1 is 0.535 bits per heavy atom. The monoisotopic (exact) mass is 718 g/mol. The van der Waals surface area contributed by atoms with Crippen molar-refractivity contribution in [3.8, 4) is 34.5 Å². The Bertz CT molecular complexity index is 1290. The van der Waals surface area contributed by atoms with Gasteiger partial charge in [-0.05, 0) is 71.3 Å². The van der Waals surface area contributed by atoms with Gasteiger partial charge in [0.1, 0.15) is 0 Å². The fraction of sp³-hybridized carbons (Fsp3) is 0.100. The van der Waals surface area contributed by atoms with Gasteiger partial charge in [-0.25, -0.2) is 0 Å². The number of phenolic OH excluding ortho intramolecular Hbond substituents is 3. The molecule has 0 fully saturated rings. The van der Waals surface area contributed by atoms with Crippen molar-refractivity contribution in [3.05, 3.63) is 89.5 Å². The average Bonchev–Trinajstić information content (AvgIpc) is 2.96. The minimum atomic E-state index is -1.27. The number of aliphatic carboxylic acids is 3. The summed E-state index contributed by atoms with van der Waals surface area (Å²) in [6, 6.07) is 13.5. The van der Waals surface area contributed by atoms with E-state index in [0.29, 0.717) is 33.9 Å². The minimum absolute atomic E-state index is 0. The Hall–Kier alpha value is -4.72. The Morgan fingerprint density at radius 2 is 0.767 bits per heavy atom. The second-order valence-electron chi connectivity index (χ2n) is 7.75. The molecule has 0 saturated carbocycles. The third-order valence-corrected chi connectivity index (χ3v) is 4.85. The molecule has 0 radical (unpaired) electrons. The van der Waals surface area contributed by atoms with Crippen molar-refractivity contribution in [2.24, 2.45) is 0 Å². The second kappa shape index (κ2) is 20.2. The number of carboxylic acids is 3. The minimum Gasteiger partial charge on any atom is -0.545 e. The standard InChI is InChI=1S/3C10H10O4.La/c3*1-14-9-6-7(2-4-8(9)11)3-5-10(12)13;/h3*2-6,11H,1H3,(H,12,13);/q;;;+3/p-3/b3*5-3+;. The fourth-order valence-corrected chi connectivity index (χ4v) is 2.89. The molecule has 0 spiro atoms. The number of carbonyl (C=O) groups excluding carboxylic acids is 3. The molecule has 0 amide bonds. The van der Waals surface area contributed by atoms with Crippen LogP contribution in [-0.2, 0) is 14.4 Å². The summed E-state index contributed by atoms with van der Waals surface area (Å²) in [5.41, 5.74) is 1.84. The van der Waals surface area contributed by atoms with Gasteiger partial charge >= 0.3 is 35.6 Å². The van der Waals surface area contributed by atoms with E-state index in [4.69, 9.17) is 14.2 Å².